The summed E-state index contributed by atoms with van der Waals surface area (Å²) < 4.78 is 0. The fourth-order valence-corrected chi connectivity index (χ4v) is 2.36. The SMILES string of the molecule is CCCN(CCC)C(=O)c1ccc(Nc2ccccc2C#N)nn1. The number of nitrogens with zero attached hydrogens (tertiary/aromatic N) is 4. The molecule has 6 nitrogen and oxygen atoms in total. The van der Waals surface area contributed by atoms with E-state index in [1.54, 1.807) is 35.2 Å². The standard InChI is InChI=1S/C18H21N5O/c1-3-11-23(12-4-2)18(24)16-9-10-17(22-21-16)20-15-8-6-5-7-14(15)13-19/h5-10H,3-4,11-12H2,1-2H3,(H,20,22). The molecule has 1 aromatic carbocycles. The molecule has 0 fully saturated rings. The van der Waals surface area contributed by atoms with Gasteiger partial charge in [0, 0.05) is 13.1 Å². The molecule has 2 aromatic rings. The van der Waals surface area contributed by atoms with E-state index >= 15 is 0 Å². The average Bonchev–Trinajstić information content (AvgIpc) is 2.62. The highest BCUT2D eigenvalue weighted by Gasteiger charge is 2.16. The van der Waals surface area contributed by atoms with E-state index in [0.29, 0.717) is 35.9 Å². The summed E-state index contributed by atoms with van der Waals surface area (Å²) in [7, 11) is 0. The first-order valence-electron chi connectivity index (χ1n) is 8.08. The first-order valence-corrected chi connectivity index (χ1v) is 8.08. The molecular formula is C18H21N5O. The van der Waals surface area contributed by atoms with Crippen LogP contribution in [-0.2, 0) is 0 Å². The highest BCUT2D eigenvalue weighted by atomic mass is 16.2. The van der Waals surface area contributed by atoms with Crippen LogP contribution in [0.5, 0.6) is 0 Å². The lowest BCUT2D eigenvalue weighted by atomic mass is 10.2. The van der Waals surface area contributed by atoms with Gasteiger partial charge in [0.2, 0.25) is 0 Å². The fourth-order valence-electron chi connectivity index (χ4n) is 2.36. The number of nitrogens with one attached hydrogen (secondary N) is 1. The summed E-state index contributed by atoms with van der Waals surface area (Å²) >= 11 is 0. The molecule has 1 aromatic heterocycles. The number of hydrogen-bond acceptors (Lipinski definition) is 5. The van der Waals surface area contributed by atoms with Crippen LogP contribution in [0.4, 0.5) is 11.5 Å². The van der Waals surface area contributed by atoms with Crippen LogP contribution in [0.2, 0.25) is 0 Å². The Balaban J connectivity index is 2.12. The summed E-state index contributed by atoms with van der Waals surface area (Å²) in [5.41, 5.74) is 1.51. The molecular weight excluding hydrogens is 302 g/mol. The zero-order valence-corrected chi connectivity index (χ0v) is 14.0. The van der Waals surface area contributed by atoms with Gasteiger partial charge >= 0.3 is 0 Å². The highest BCUT2D eigenvalue weighted by molar-refractivity contribution is 5.92. The number of para-hydroxylation sites is 1. The van der Waals surface area contributed by atoms with E-state index in [0.717, 1.165) is 12.8 Å². The maximum absolute atomic E-state index is 12.5. The van der Waals surface area contributed by atoms with E-state index in [9.17, 15) is 4.79 Å². The summed E-state index contributed by atoms with van der Waals surface area (Å²) in [6.07, 6.45) is 1.81. The topological polar surface area (TPSA) is 81.9 Å². The Morgan fingerprint density at radius 3 is 2.42 bits per heavy atom. The van der Waals surface area contributed by atoms with Crippen molar-refractivity contribution in [3.05, 3.63) is 47.7 Å². The summed E-state index contributed by atoms with van der Waals surface area (Å²) in [6, 6.07) is 12.6. The molecule has 24 heavy (non-hydrogen) atoms. The molecule has 0 saturated carbocycles. The lowest BCUT2D eigenvalue weighted by Crippen LogP contribution is -2.33. The van der Waals surface area contributed by atoms with Crippen LogP contribution < -0.4 is 5.32 Å². The van der Waals surface area contributed by atoms with E-state index in [4.69, 9.17) is 5.26 Å². The van der Waals surface area contributed by atoms with E-state index in [2.05, 4.69) is 21.6 Å². The zero-order valence-electron chi connectivity index (χ0n) is 14.0. The monoisotopic (exact) mass is 323 g/mol. The summed E-state index contributed by atoms with van der Waals surface area (Å²) in [6.45, 7) is 5.51. The normalized spacial score (nSPS) is 10.0. The van der Waals surface area contributed by atoms with E-state index < -0.39 is 0 Å². The molecule has 2 rings (SSSR count). The molecule has 0 aliphatic heterocycles. The minimum atomic E-state index is -0.102. The number of rotatable bonds is 7. The van der Waals surface area contributed by atoms with Crippen molar-refractivity contribution in [2.24, 2.45) is 0 Å². The van der Waals surface area contributed by atoms with E-state index in [1.807, 2.05) is 19.9 Å². The predicted molar refractivity (Wildman–Crippen MR) is 93.0 cm³/mol. The van der Waals surface area contributed by atoms with Crippen molar-refractivity contribution in [2.45, 2.75) is 26.7 Å². The van der Waals surface area contributed by atoms with Crippen LogP contribution in [-0.4, -0.2) is 34.1 Å². The van der Waals surface area contributed by atoms with E-state index in [1.165, 1.54) is 0 Å². The number of carbonyl (C=O) groups is 1. The van der Waals surface area contributed by atoms with Crippen LogP contribution in [0.1, 0.15) is 42.7 Å². The minimum Gasteiger partial charge on any atom is -0.338 e. The van der Waals surface area contributed by atoms with Crippen LogP contribution in [0.25, 0.3) is 0 Å². The first kappa shape index (κ1) is 17.4. The predicted octanol–water partition coefficient (Wildman–Crippen LogP) is 3.35. The lowest BCUT2D eigenvalue weighted by molar-refractivity contribution is 0.0748. The van der Waals surface area contributed by atoms with Crippen LogP contribution in [0.15, 0.2) is 36.4 Å². The Labute approximate surface area is 142 Å². The third-order valence-electron chi connectivity index (χ3n) is 3.47. The molecule has 1 amide bonds. The van der Waals surface area contributed by atoms with Crippen molar-refractivity contribution in [3.8, 4) is 6.07 Å². The molecule has 6 heteroatoms. The van der Waals surface area contributed by atoms with Gasteiger partial charge in [-0.05, 0) is 37.1 Å². The second-order valence-corrected chi connectivity index (χ2v) is 5.38. The Bertz CT molecular complexity index is 715. The Morgan fingerprint density at radius 2 is 1.83 bits per heavy atom. The van der Waals surface area contributed by atoms with Gasteiger partial charge in [0.25, 0.3) is 5.91 Å². The minimum absolute atomic E-state index is 0.102. The smallest absolute Gasteiger partial charge is 0.274 e. The second kappa shape index (κ2) is 8.63. The molecule has 1 heterocycles. The third kappa shape index (κ3) is 4.29. The van der Waals surface area contributed by atoms with Gasteiger partial charge < -0.3 is 10.2 Å². The van der Waals surface area contributed by atoms with Gasteiger partial charge in [-0.15, -0.1) is 10.2 Å². The Kier molecular flexibility index (Phi) is 6.26. The molecule has 0 unspecified atom stereocenters. The van der Waals surface area contributed by atoms with Crippen molar-refractivity contribution < 1.29 is 4.79 Å². The van der Waals surface area contributed by atoms with Gasteiger partial charge in [0.15, 0.2) is 11.5 Å². The number of amides is 1. The number of hydrogen-bond donors (Lipinski definition) is 1. The molecule has 1 N–H and O–H groups in total. The van der Waals surface area contributed by atoms with Gasteiger partial charge in [-0.3, -0.25) is 4.79 Å². The van der Waals surface area contributed by atoms with Crippen LogP contribution in [0.3, 0.4) is 0 Å². The summed E-state index contributed by atoms with van der Waals surface area (Å²) in [5.74, 6) is 0.391. The first-order chi connectivity index (χ1) is 11.7. The van der Waals surface area contributed by atoms with Crippen molar-refractivity contribution in [2.75, 3.05) is 18.4 Å². The molecule has 0 aliphatic rings. The number of carbonyl (C=O) groups excluding carboxylic acids is 1. The summed E-state index contributed by atoms with van der Waals surface area (Å²) in [4.78, 5) is 14.2. The van der Waals surface area contributed by atoms with Crippen molar-refractivity contribution in [3.63, 3.8) is 0 Å². The van der Waals surface area contributed by atoms with Crippen LogP contribution >= 0.6 is 0 Å². The molecule has 0 atom stereocenters. The maximum Gasteiger partial charge on any atom is 0.274 e. The fraction of sp³-hybridized carbons (Fsp3) is 0.333. The lowest BCUT2D eigenvalue weighted by Gasteiger charge is -2.20. The third-order valence-corrected chi connectivity index (χ3v) is 3.47. The number of aromatic nitrogens is 2. The molecule has 124 valence electrons. The average molecular weight is 323 g/mol. The van der Waals surface area contributed by atoms with Gasteiger partial charge in [0.1, 0.15) is 6.07 Å². The maximum atomic E-state index is 12.5. The zero-order chi connectivity index (χ0) is 17.4. The Morgan fingerprint density at radius 1 is 1.12 bits per heavy atom. The van der Waals surface area contributed by atoms with Gasteiger partial charge in [-0.1, -0.05) is 26.0 Å². The molecule has 0 spiro atoms. The molecule has 0 radical (unpaired) electrons. The largest absolute Gasteiger partial charge is 0.338 e. The summed E-state index contributed by atoms with van der Waals surface area (Å²) in [5, 5.41) is 20.2. The number of anilines is 2. The van der Waals surface area contributed by atoms with Crippen molar-refractivity contribution in [1.82, 2.24) is 15.1 Å². The van der Waals surface area contributed by atoms with E-state index in [-0.39, 0.29) is 5.91 Å². The van der Waals surface area contributed by atoms with Crippen molar-refractivity contribution >= 4 is 17.4 Å². The quantitative estimate of drug-likeness (QED) is 0.845. The molecule has 0 saturated heterocycles. The Hall–Kier alpha value is -2.94. The van der Waals surface area contributed by atoms with Gasteiger partial charge in [-0.25, -0.2) is 0 Å². The second-order valence-electron chi connectivity index (χ2n) is 5.38. The van der Waals surface area contributed by atoms with Crippen LogP contribution in [0, 0.1) is 11.3 Å². The number of benzene rings is 1. The van der Waals surface area contributed by atoms with Crippen molar-refractivity contribution in [1.29, 1.82) is 5.26 Å². The molecule has 0 aliphatic carbocycles. The highest BCUT2D eigenvalue weighted by Crippen LogP contribution is 2.18. The molecule has 0 bridgehead atoms. The van der Waals surface area contributed by atoms with Gasteiger partial charge in [-0.2, -0.15) is 5.26 Å². The van der Waals surface area contributed by atoms with Gasteiger partial charge in [0.05, 0.1) is 11.3 Å². The number of nitriles is 1.